The number of rotatable bonds is 6. The van der Waals surface area contributed by atoms with Crippen LogP contribution in [0.2, 0.25) is 0 Å². The van der Waals surface area contributed by atoms with Gasteiger partial charge >= 0.3 is 0 Å². The molecule has 0 amide bonds. The van der Waals surface area contributed by atoms with E-state index in [1.54, 1.807) is 6.08 Å². The third kappa shape index (κ3) is 3.14. The monoisotopic (exact) mass is 316 g/mol. The first kappa shape index (κ1) is 14.0. The molecule has 0 N–H and O–H groups in total. The molecule has 0 aliphatic carbocycles. The van der Waals surface area contributed by atoms with E-state index in [9.17, 15) is 0 Å². The van der Waals surface area contributed by atoms with Crippen molar-refractivity contribution in [1.82, 2.24) is 0 Å². The predicted molar refractivity (Wildman–Crippen MR) is 85.4 cm³/mol. The van der Waals surface area contributed by atoms with Crippen LogP contribution in [0, 0.1) is 0 Å². The van der Waals surface area contributed by atoms with E-state index >= 15 is 0 Å². The minimum atomic E-state index is -0.00373. The summed E-state index contributed by atoms with van der Waals surface area (Å²) in [7, 11) is 0. The molecule has 19 heavy (non-hydrogen) atoms. The topological polar surface area (TPSA) is 9.23 Å². The van der Waals surface area contributed by atoms with Gasteiger partial charge in [0.1, 0.15) is 0 Å². The third-order valence-electron chi connectivity index (χ3n) is 3.04. The predicted octanol–water partition coefficient (Wildman–Crippen LogP) is 5.42. The average Bonchev–Trinajstić information content (AvgIpc) is 2.44. The second-order valence-corrected chi connectivity index (χ2v) is 5.17. The van der Waals surface area contributed by atoms with Gasteiger partial charge in [-0.05, 0) is 23.3 Å². The molecular formula is C17H17BrO. The van der Waals surface area contributed by atoms with Crippen molar-refractivity contribution in [3.05, 3.63) is 71.7 Å². The number of halogens is 1. The number of hydrogen-bond acceptors (Lipinski definition) is 1. The lowest BCUT2D eigenvalue weighted by atomic mass is 9.98. The Morgan fingerprint density at radius 1 is 1.11 bits per heavy atom. The first-order valence-corrected chi connectivity index (χ1v) is 7.07. The molecule has 2 rings (SSSR count). The molecule has 0 bridgehead atoms. The minimum Gasteiger partial charge on any atom is -0.369 e. The highest BCUT2D eigenvalue weighted by Crippen LogP contribution is 2.35. The van der Waals surface area contributed by atoms with E-state index < -0.39 is 0 Å². The summed E-state index contributed by atoms with van der Waals surface area (Å²) in [4.78, 5) is 0. The molecule has 0 spiro atoms. The van der Waals surface area contributed by atoms with Crippen molar-refractivity contribution in [2.45, 2.75) is 12.5 Å². The molecule has 0 fully saturated rings. The van der Waals surface area contributed by atoms with Gasteiger partial charge in [0.2, 0.25) is 0 Å². The van der Waals surface area contributed by atoms with E-state index in [1.165, 1.54) is 16.3 Å². The van der Waals surface area contributed by atoms with Gasteiger partial charge in [-0.25, -0.2) is 0 Å². The van der Waals surface area contributed by atoms with Gasteiger partial charge in [-0.15, -0.1) is 13.2 Å². The van der Waals surface area contributed by atoms with E-state index in [1.807, 2.05) is 12.1 Å². The maximum Gasteiger partial charge on any atom is 0.0880 e. The normalized spacial score (nSPS) is 12.3. The number of hydrogen-bond donors (Lipinski definition) is 0. The molecule has 1 atom stereocenters. The third-order valence-corrected chi connectivity index (χ3v) is 3.73. The van der Waals surface area contributed by atoms with Gasteiger partial charge in [0.15, 0.2) is 0 Å². The van der Waals surface area contributed by atoms with Gasteiger partial charge in [-0.1, -0.05) is 58.4 Å². The van der Waals surface area contributed by atoms with Gasteiger partial charge in [0.05, 0.1) is 12.7 Å². The number of ether oxygens (including phenoxy) is 1. The molecule has 2 aromatic rings. The highest BCUT2D eigenvalue weighted by molar-refractivity contribution is 9.10. The lowest BCUT2D eigenvalue weighted by Crippen LogP contribution is -2.05. The second-order valence-electron chi connectivity index (χ2n) is 4.32. The highest BCUT2D eigenvalue weighted by atomic mass is 79.9. The Kier molecular flexibility index (Phi) is 4.94. The van der Waals surface area contributed by atoms with E-state index in [0.29, 0.717) is 6.61 Å². The average molecular weight is 317 g/mol. The standard InChI is InChI=1S/C17H17BrO/c1-3-7-16(19-12-4-2)17-14-9-6-5-8-13(14)10-11-15(17)18/h3-6,8-11,16H,1-2,7,12H2. The fourth-order valence-electron chi connectivity index (χ4n) is 2.20. The fraction of sp³-hybridized carbons (Fsp3) is 0.176. The summed E-state index contributed by atoms with van der Waals surface area (Å²) in [5.74, 6) is 0. The van der Waals surface area contributed by atoms with E-state index in [4.69, 9.17) is 4.74 Å². The molecule has 0 radical (unpaired) electrons. The molecule has 0 aliphatic rings. The van der Waals surface area contributed by atoms with Gasteiger partial charge in [-0.2, -0.15) is 0 Å². The van der Waals surface area contributed by atoms with Crippen molar-refractivity contribution in [2.24, 2.45) is 0 Å². The quantitative estimate of drug-likeness (QED) is 0.646. The molecule has 1 nitrogen and oxygen atoms in total. The van der Waals surface area contributed by atoms with Crippen molar-refractivity contribution < 1.29 is 4.74 Å². The summed E-state index contributed by atoms with van der Waals surface area (Å²) < 4.78 is 6.96. The highest BCUT2D eigenvalue weighted by Gasteiger charge is 2.16. The smallest absolute Gasteiger partial charge is 0.0880 e. The van der Waals surface area contributed by atoms with Crippen LogP contribution < -0.4 is 0 Å². The molecule has 1 unspecified atom stereocenters. The van der Waals surface area contributed by atoms with E-state index in [2.05, 4.69) is 59.4 Å². The maximum atomic E-state index is 5.89. The van der Waals surface area contributed by atoms with Gasteiger partial charge < -0.3 is 4.74 Å². The zero-order valence-electron chi connectivity index (χ0n) is 10.8. The maximum absolute atomic E-state index is 5.89. The Labute approximate surface area is 122 Å². The van der Waals surface area contributed by atoms with E-state index in [-0.39, 0.29) is 6.10 Å². The molecule has 98 valence electrons. The fourth-order valence-corrected chi connectivity index (χ4v) is 2.80. The zero-order chi connectivity index (χ0) is 13.7. The van der Waals surface area contributed by atoms with Crippen molar-refractivity contribution in [3.8, 4) is 0 Å². The lowest BCUT2D eigenvalue weighted by Gasteiger charge is -2.19. The van der Waals surface area contributed by atoms with Crippen LogP contribution in [0.1, 0.15) is 18.1 Å². The number of fused-ring (bicyclic) bond motifs is 1. The Hall–Kier alpha value is -1.38. The second kappa shape index (κ2) is 6.69. The van der Waals surface area contributed by atoms with E-state index in [0.717, 1.165) is 10.9 Å². The molecule has 0 heterocycles. The molecule has 2 heteroatoms. The largest absolute Gasteiger partial charge is 0.369 e. The Bertz CT molecular complexity index is 589. The molecular weight excluding hydrogens is 300 g/mol. The first-order valence-electron chi connectivity index (χ1n) is 6.28. The summed E-state index contributed by atoms with van der Waals surface area (Å²) in [5.41, 5.74) is 1.18. The van der Waals surface area contributed by atoms with Gasteiger partial charge in [0, 0.05) is 10.0 Å². The molecule has 0 saturated heterocycles. The van der Waals surface area contributed by atoms with Crippen LogP contribution in [0.5, 0.6) is 0 Å². The molecule has 0 aromatic heterocycles. The van der Waals surface area contributed by atoms with Crippen LogP contribution in [-0.2, 0) is 4.74 Å². The van der Waals surface area contributed by atoms with Crippen LogP contribution in [0.25, 0.3) is 10.8 Å². The van der Waals surface area contributed by atoms with Crippen molar-refractivity contribution in [2.75, 3.05) is 6.61 Å². The minimum absolute atomic E-state index is 0.00373. The zero-order valence-corrected chi connectivity index (χ0v) is 12.4. The van der Waals surface area contributed by atoms with Crippen LogP contribution in [0.3, 0.4) is 0 Å². The Morgan fingerprint density at radius 2 is 1.89 bits per heavy atom. The SMILES string of the molecule is C=CCOC(CC=C)c1c(Br)ccc2ccccc12. The Morgan fingerprint density at radius 3 is 2.63 bits per heavy atom. The van der Waals surface area contributed by atoms with Crippen LogP contribution in [0.4, 0.5) is 0 Å². The number of benzene rings is 2. The summed E-state index contributed by atoms with van der Waals surface area (Å²) >= 11 is 3.64. The van der Waals surface area contributed by atoms with Crippen molar-refractivity contribution >= 4 is 26.7 Å². The summed E-state index contributed by atoms with van der Waals surface area (Å²) in [6, 6.07) is 12.5. The van der Waals surface area contributed by atoms with Crippen LogP contribution in [-0.4, -0.2) is 6.61 Å². The summed E-state index contributed by atoms with van der Waals surface area (Å²) in [5, 5.41) is 2.43. The summed E-state index contributed by atoms with van der Waals surface area (Å²) in [6.07, 6.45) is 4.44. The van der Waals surface area contributed by atoms with Crippen molar-refractivity contribution in [1.29, 1.82) is 0 Å². The van der Waals surface area contributed by atoms with Gasteiger partial charge in [0.25, 0.3) is 0 Å². The molecule has 2 aromatic carbocycles. The lowest BCUT2D eigenvalue weighted by molar-refractivity contribution is 0.0772. The van der Waals surface area contributed by atoms with Crippen LogP contribution in [0.15, 0.2) is 66.2 Å². The summed E-state index contributed by atoms with van der Waals surface area (Å²) in [6.45, 7) is 8.07. The van der Waals surface area contributed by atoms with Gasteiger partial charge in [-0.3, -0.25) is 0 Å². The van der Waals surface area contributed by atoms with Crippen molar-refractivity contribution in [3.63, 3.8) is 0 Å². The molecule has 0 saturated carbocycles. The van der Waals surface area contributed by atoms with Crippen LogP contribution >= 0.6 is 15.9 Å². The first-order chi connectivity index (χ1) is 9.27. The Balaban J connectivity index is 2.53. The molecule has 0 aliphatic heterocycles.